The lowest BCUT2D eigenvalue weighted by Gasteiger charge is -2.32. The third-order valence-corrected chi connectivity index (χ3v) is 9.49. The third-order valence-electron chi connectivity index (χ3n) is 9.49. The van der Waals surface area contributed by atoms with E-state index in [0.717, 1.165) is 68.1 Å². The summed E-state index contributed by atoms with van der Waals surface area (Å²) in [6.07, 6.45) is 19.1. The molecule has 2 aliphatic heterocycles. The van der Waals surface area contributed by atoms with Crippen LogP contribution in [0.15, 0.2) is 42.7 Å². The van der Waals surface area contributed by atoms with Crippen molar-refractivity contribution in [1.29, 1.82) is 0 Å². The summed E-state index contributed by atoms with van der Waals surface area (Å²) in [7, 11) is 0. The highest BCUT2D eigenvalue weighted by Crippen LogP contribution is 2.41. The molecule has 0 atom stereocenters. The summed E-state index contributed by atoms with van der Waals surface area (Å²) in [4.78, 5) is 35.1. The minimum absolute atomic E-state index is 0.0652. The van der Waals surface area contributed by atoms with Crippen LogP contribution in [0.3, 0.4) is 0 Å². The Morgan fingerprint density at radius 3 is 2.60 bits per heavy atom. The van der Waals surface area contributed by atoms with E-state index in [-0.39, 0.29) is 17.4 Å². The van der Waals surface area contributed by atoms with Crippen molar-refractivity contribution in [3.63, 3.8) is 0 Å². The van der Waals surface area contributed by atoms with E-state index in [1.807, 2.05) is 12.1 Å². The second-order valence-electron chi connectivity index (χ2n) is 12.4. The molecule has 7 nitrogen and oxygen atoms in total. The van der Waals surface area contributed by atoms with Gasteiger partial charge in [0.05, 0.1) is 0 Å². The predicted molar refractivity (Wildman–Crippen MR) is 160 cm³/mol. The Labute approximate surface area is 237 Å². The zero-order valence-corrected chi connectivity index (χ0v) is 23.6. The van der Waals surface area contributed by atoms with Crippen LogP contribution >= 0.6 is 0 Å². The predicted octanol–water partition coefficient (Wildman–Crippen LogP) is 6.47. The number of piperidine rings is 1. The molecule has 0 bridgehead atoms. The highest BCUT2D eigenvalue weighted by Gasteiger charge is 2.36. The Bertz CT molecular complexity index is 1300. The maximum absolute atomic E-state index is 13.4. The van der Waals surface area contributed by atoms with Crippen molar-refractivity contribution in [1.82, 2.24) is 20.2 Å². The minimum atomic E-state index is -0.0652. The van der Waals surface area contributed by atoms with Crippen LogP contribution in [0.1, 0.15) is 103 Å². The van der Waals surface area contributed by atoms with Gasteiger partial charge in [-0.1, -0.05) is 51.0 Å². The Morgan fingerprint density at radius 2 is 1.80 bits per heavy atom. The van der Waals surface area contributed by atoms with Gasteiger partial charge in [0, 0.05) is 59.7 Å². The van der Waals surface area contributed by atoms with Crippen LogP contribution in [-0.2, 0) is 6.42 Å². The molecule has 0 radical (unpaired) electrons. The molecule has 3 N–H and O–H groups in total. The average Bonchev–Trinajstić information content (AvgIpc) is 3.56. The lowest BCUT2D eigenvalue weighted by atomic mass is 9.82. The number of carbonyl (C=O) groups excluding carboxylic acids is 2. The van der Waals surface area contributed by atoms with Crippen molar-refractivity contribution >= 4 is 28.4 Å². The van der Waals surface area contributed by atoms with Gasteiger partial charge in [-0.05, 0) is 74.3 Å². The summed E-state index contributed by atoms with van der Waals surface area (Å²) in [5, 5.41) is 7.86. The zero-order chi connectivity index (χ0) is 27.4. The number of amides is 2. The van der Waals surface area contributed by atoms with Gasteiger partial charge in [0.2, 0.25) is 0 Å². The zero-order valence-electron chi connectivity index (χ0n) is 23.6. The molecule has 3 aliphatic rings. The number of pyridine rings is 1. The van der Waals surface area contributed by atoms with Crippen LogP contribution in [0.2, 0.25) is 0 Å². The van der Waals surface area contributed by atoms with E-state index in [1.54, 1.807) is 12.4 Å². The SMILES string of the molecule is O=C(NCCCCC1CCN(C(=O)c2ccc3c(c2)NC2(CCCCCCC2)C3)CC1)c1cc2cnccc2[nH]1. The lowest BCUT2D eigenvalue weighted by Crippen LogP contribution is -2.38. The van der Waals surface area contributed by atoms with E-state index in [9.17, 15) is 9.59 Å². The van der Waals surface area contributed by atoms with Gasteiger partial charge in [-0.25, -0.2) is 0 Å². The topological polar surface area (TPSA) is 90.1 Å². The second-order valence-corrected chi connectivity index (χ2v) is 12.4. The van der Waals surface area contributed by atoms with Crippen LogP contribution < -0.4 is 10.6 Å². The number of hydrogen-bond donors (Lipinski definition) is 3. The van der Waals surface area contributed by atoms with Gasteiger partial charge in [-0.15, -0.1) is 0 Å². The molecule has 1 saturated carbocycles. The fourth-order valence-electron chi connectivity index (χ4n) is 7.12. The first-order chi connectivity index (χ1) is 19.6. The summed E-state index contributed by atoms with van der Waals surface area (Å²) in [6.45, 7) is 2.35. The highest BCUT2D eigenvalue weighted by atomic mass is 16.2. The van der Waals surface area contributed by atoms with Gasteiger partial charge < -0.3 is 20.5 Å². The number of benzene rings is 1. The molecule has 4 heterocycles. The second kappa shape index (κ2) is 12.0. The molecule has 2 amide bonds. The van der Waals surface area contributed by atoms with Crippen LogP contribution in [0, 0.1) is 5.92 Å². The standard InChI is InChI=1S/C33H43N5O2/c39-31(30-21-27-23-34-17-11-28(27)36-30)35-16-7-4-8-24-12-18-38(19-13-24)32(40)25-9-10-26-22-33(37-29(26)20-25)14-5-2-1-3-6-15-33/h9-11,17,20-21,23-24,36-37H,1-8,12-16,18-19,22H2,(H,35,39). The quantitative estimate of drug-likeness (QED) is 0.299. The molecule has 1 saturated heterocycles. The third kappa shape index (κ3) is 6.03. The Hall–Kier alpha value is -3.35. The molecule has 2 aromatic heterocycles. The van der Waals surface area contributed by atoms with Crippen molar-refractivity contribution in [2.75, 3.05) is 25.0 Å². The average molecular weight is 542 g/mol. The highest BCUT2D eigenvalue weighted by molar-refractivity contribution is 5.97. The van der Waals surface area contributed by atoms with Gasteiger partial charge in [0.15, 0.2) is 0 Å². The smallest absolute Gasteiger partial charge is 0.267 e. The van der Waals surface area contributed by atoms with Crippen molar-refractivity contribution in [3.8, 4) is 0 Å². The normalized spacial score (nSPS) is 19.1. The van der Waals surface area contributed by atoms with Crippen LogP contribution in [0.4, 0.5) is 5.69 Å². The Kier molecular flexibility index (Phi) is 8.08. The maximum atomic E-state index is 13.4. The molecule has 1 aliphatic carbocycles. The Balaban J connectivity index is 0.919. The molecule has 212 valence electrons. The number of aromatic nitrogens is 2. The number of hydrogen-bond acceptors (Lipinski definition) is 4. The molecule has 1 spiro atoms. The van der Waals surface area contributed by atoms with Gasteiger partial charge >= 0.3 is 0 Å². The summed E-state index contributed by atoms with van der Waals surface area (Å²) in [5.41, 5.74) is 5.12. The Morgan fingerprint density at radius 1 is 1.00 bits per heavy atom. The summed E-state index contributed by atoms with van der Waals surface area (Å²) in [5.74, 6) is 0.767. The minimum Gasteiger partial charge on any atom is -0.379 e. The van der Waals surface area contributed by atoms with E-state index in [4.69, 9.17) is 0 Å². The molecule has 1 aromatic carbocycles. The van der Waals surface area contributed by atoms with Crippen molar-refractivity contribution < 1.29 is 9.59 Å². The molecule has 0 unspecified atom stereocenters. The number of rotatable bonds is 7. The molecule has 6 rings (SSSR count). The number of fused-ring (bicyclic) bond motifs is 2. The van der Waals surface area contributed by atoms with Gasteiger partial charge in [-0.3, -0.25) is 14.6 Å². The fourth-order valence-corrected chi connectivity index (χ4v) is 7.12. The number of anilines is 1. The number of likely N-dealkylation sites (tertiary alicyclic amines) is 1. The van der Waals surface area contributed by atoms with Crippen molar-refractivity contribution in [2.24, 2.45) is 5.92 Å². The van der Waals surface area contributed by atoms with Gasteiger partial charge in [-0.2, -0.15) is 0 Å². The first kappa shape index (κ1) is 26.9. The fraction of sp³-hybridized carbons (Fsp3) is 0.545. The molecular weight excluding hydrogens is 498 g/mol. The maximum Gasteiger partial charge on any atom is 0.267 e. The number of unbranched alkanes of at least 4 members (excludes halogenated alkanes) is 1. The number of nitrogens with one attached hydrogen (secondary N) is 3. The molecule has 2 fully saturated rings. The van der Waals surface area contributed by atoms with E-state index < -0.39 is 0 Å². The number of carbonyl (C=O) groups is 2. The van der Waals surface area contributed by atoms with E-state index in [1.165, 1.54) is 56.2 Å². The molecule has 40 heavy (non-hydrogen) atoms. The molecule has 3 aromatic rings. The number of H-pyrrole nitrogens is 1. The first-order valence-electron chi connectivity index (χ1n) is 15.5. The van der Waals surface area contributed by atoms with E-state index >= 15 is 0 Å². The number of nitrogens with zero attached hydrogens (tertiary/aromatic N) is 2. The van der Waals surface area contributed by atoms with Crippen LogP contribution in [-0.4, -0.2) is 51.9 Å². The van der Waals surface area contributed by atoms with Crippen molar-refractivity contribution in [2.45, 2.75) is 89.0 Å². The molecule has 7 heteroatoms. The summed E-state index contributed by atoms with van der Waals surface area (Å²) >= 11 is 0. The van der Waals surface area contributed by atoms with E-state index in [0.29, 0.717) is 18.2 Å². The summed E-state index contributed by atoms with van der Waals surface area (Å²) in [6, 6.07) is 10.1. The monoisotopic (exact) mass is 541 g/mol. The van der Waals surface area contributed by atoms with Crippen LogP contribution in [0.5, 0.6) is 0 Å². The number of aromatic amines is 1. The van der Waals surface area contributed by atoms with Gasteiger partial charge in [0.1, 0.15) is 5.69 Å². The molecular formula is C33H43N5O2. The lowest BCUT2D eigenvalue weighted by molar-refractivity contribution is 0.0686. The summed E-state index contributed by atoms with van der Waals surface area (Å²) < 4.78 is 0. The first-order valence-corrected chi connectivity index (χ1v) is 15.5. The van der Waals surface area contributed by atoms with Gasteiger partial charge in [0.25, 0.3) is 11.8 Å². The largest absolute Gasteiger partial charge is 0.379 e. The van der Waals surface area contributed by atoms with E-state index in [2.05, 4.69) is 43.7 Å². The van der Waals surface area contributed by atoms with Crippen LogP contribution in [0.25, 0.3) is 10.9 Å². The van der Waals surface area contributed by atoms with Crippen molar-refractivity contribution in [3.05, 3.63) is 59.5 Å².